The van der Waals surface area contributed by atoms with Gasteiger partial charge in [-0.15, -0.1) is 0 Å². The van der Waals surface area contributed by atoms with Gasteiger partial charge in [0.15, 0.2) is 0 Å². The van der Waals surface area contributed by atoms with Gasteiger partial charge in [0.2, 0.25) is 0 Å². The third-order valence-electron chi connectivity index (χ3n) is 7.16. The number of carbonyl (C=O) groups is 1. The van der Waals surface area contributed by atoms with E-state index in [1.165, 1.54) is 43.1 Å². The van der Waals surface area contributed by atoms with Gasteiger partial charge < -0.3 is 19.3 Å². The average Bonchev–Trinajstić information content (AvgIpc) is 3.58. The molecule has 0 atom stereocenters. The van der Waals surface area contributed by atoms with Crippen LogP contribution in [0, 0.1) is 5.92 Å². The zero-order valence-corrected chi connectivity index (χ0v) is 19.3. The van der Waals surface area contributed by atoms with Crippen molar-refractivity contribution >= 4 is 16.9 Å². The molecule has 1 saturated heterocycles. The van der Waals surface area contributed by atoms with E-state index in [-0.39, 0.29) is 6.42 Å². The molecule has 2 aliphatic rings. The molecule has 5 heteroatoms. The van der Waals surface area contributed by atoms with Crippen molar-refractivity contribution in [2.24, 2.45) is 5.92 Å². The first-order valence-corrected chi connectivity index (χ1v) is 12.4. The molecular weight excluding hydrogens is 412 g/mol. The van der Waals surface area contributed by atoms with Gasteiger partial charge in [-0.25, -0.2) is 0 Å². The monoisotopic (exact) mass is 446 g/mol. The summed E-state index contributed by atoms with van der Waals surface area (Å²) in [6.07, 6.45) is 8.74. The normalized spacial score (nSPS) is 17.5. The molecular formula is C28H34N2O3. The van der Waals surface area contributed by atoms with Gasteiger partial charge in [0.05, 0.1) is 13.0 Å². The van der Waals surface area contributed by atoms with Crippen LogP contribution in [-0.2, 0) is 17.8 Å². The second-order valence-corrected chi connectivity index (χ2v) is 9.73. The third kappa shape index (κ3) is 5.59. The number of hydrogen-bond donors (Lipinski definition) is 1. The summed E-state index contributed by atoms with van der Waals surface area (Å²) in [5.41, 5.74) is 3.77. The van der Waals surface area contributed by atoms with Crippen LogP contribution in [0.25, 0.3) is 10.9 Å². The third-order valence-corrected chi connectivity index (χ3v) is 7.16. The zero-order chi connectivity index (χ0) is 22.6. The lowest BCUT2D eigenvalue weighted by molar-refractivity contribution is -0.136. The Bertz CT molecular complexity index is 1080. The van der Waals surface area contributed by atoms with E-state index in [0.29, 0.717) is 12.5 Å². The van der Waals surface area contributed by atoms with Crippen molar-refractivity contribution in [3.8, 4) is 5.75 Å². The summed E-state index contributed by atoms with van der Waals surface area (Å²) in [4.78, 5) is 13.3. The molecule has 0 amide bonds. The predicted octanol–water partition coefficient (Wildman–Crippen LogP) is 5.33. The van der Waals surface area contributed by atoms with Crippen LogP contribution in [0.4, 0.5) is 0 Å². The predicted molar refractivity (Wildman–Crippen MR) is 131 cm³/mol. The molecule has 1 aliphatic carbocycles. The number of likely N-dealkylation sites (tertiary alicyclic amines) is 1. The van der Waals surface area contributed by atoms with Crippen molar-refractivity contribution < 1.29 is 14.6 Å². The number of rotatable bonds is 10. The van der Waals surface area contributed by atoms with Gasteiger partial charge in [0, 0.05) is 30.2 Å². The number of hydrogen-bond acceptors (Lipinski definition) is 3. The number of ether oxygens (including phenoxy) is 1. The molecule has 2 heterocycles. The quantitative estimate of drug-likeness (QED) is 0.428. The molecule has 0 radical (unpaired) electrons. The molecule has 1 aromatic heterocycles. The fourth-order valence-corrected chi connectivity index (χ4v) is 5.15. The van der Waals surface area contributed by atoms with Crippen molar-refractivity contribution in [2.75, 3.05) is 26.2 Å². The van der Waals surface area contributed by atoms with E-state index in [9.17, 15) is 4.79 Å². The molecule has 5 rings (SSSR count). The average molecular weight is 447 g/mol. The molecule has 3 aromatic rings. The molecule has 174 valence electrons. The summed E-state index contributed by atoms with van der Waals surface area (Å²) in [6, 6.07) is 16.3. The standard InChI is InChI=1S/C28H34N2O3/c31-28(32)18-21-8-10-24(11-9-21)33-17-3-14-29-15-12-23(13-16-29)26-20-30(19-22-6-7-22)27-5-2-1-4-25(26)27/h1-2,4-5,8-11,20,22-23H,3,6-7,12-19H2,(H,31,32). The number of aromatic nitrogens is 1. The van der Waals surface area contributed by atoms with Crippen molar-refractivity contribution in [3.05, 3.63) is 65.9 Å². The summed E-state index contributed by atoms with van der Waals surface area (Å²) in [5, 5.41) is 10.3. The lowest BCUT2D eigenvalue weighted by Crippen LogP contribution is -2.34. The number of fused-ring (bicyclic) bond motifs is 1. The number of aliphatic carboxylic acids is 1. The Hall–Kier alpha value is -2.79. The topological polar surface area (TPSA) is 54.7 Å². The molecule has 0 spiro atoms. The lowest BCUT2D eigenvalue weighted by atomic mass is 9.89. The van der Waals surface area contributed by atoms with E-state index in [1.807, 2.05) is 24.3 Å². The Morgan fingerprint density at radius 3 is 2.48 bits per heavy atom. The van der Waals surface area contributed by atoms with Gasteiger partial charge in [-0.05, 0) is 86.4 Å². The van der Waals surface area contributed by atoms with Crippen molar-refractivity contribution in [1.82, 2.24) is 9.47 Å². The molecule has 33 heavy (non-hydrogen) atoms. The molecule has 1 N–H and O–H groups in total. The number of piperidine rings is 1. The van der Waals surface area contributed by atoms with Crippen LogP contribution in [0.1, 0.15) is 49.1 Å². The number of carboxylic acids is 1. The number of nitrogens with zero attached hydrogens (tertiary/aromatic N) is 2. The number of carboxylic acid groups (broad SMARTS) is 1. The van der Waals surface area contributed by atoms with Crippen LogP contribution in [-0.4, -0.2) is 46.8 Å². The SMILES string of the molecule is O=C(O)Cc1ccc(OCCCN2CCC(c3cn(CC4CC4)c4ccccc34)CC2)cc1. The first-order valence-electron chi connectivity index (χ1n) is 12.4. The van der Waals surface area contributed by atoms with Crippen molar-refractivity contribution in [1.29, 1.82) is 0 Å². The van der Waals surface area contributed by atoms with Crippen molar-refractivity contribution in [2.45, 2.75) is 51.0 Å². The van der Waals surface area contributed by atoms with Crippen molar-refractivity contribution in [3.63, 3.8) is 0 Å². The minimum Gasteiger partial charge on any atom is -0.494 e. The second-order valence-electron chi connectivity index (χ2n) is 9.73. The van der Waals surface area contributed by atoms with Gasteiger partial charge in [-0.1, -0.05) is 30.3 Å². The summed E-state index contributed by atoms with van der Waals surface area (Å²) >= 11 is 0. The van der Waals surface area contributed by atoms with Gasteiger partial charge >= 0.3 is 5.97 Å². The molecule has 1 aliphatic heterocycles. The summed E-state index contributed by atoms with van der Waals surface area (Å²) in [5.74, 6) is 1.55. The first-order chi connectivity index (χ1) is 16.2. The summed E-state index contributed by atoms with van der Waals surface area (Å²) < 4.78 is 8.37. The Balaban J connectivity index is 1.08. The Morgan fingerprint density at radius 2 is 1.76 bits per heavy atom. The van der Waals surface area contributed by atoms with E-state index in [0.717, 1.165) is 43.3 Å². The van der Waals surface area contributed by atoms with E-state index in [4.69, 9.17) is 9.84 Å². The van der Waals surface area contributed by atoms with E-state index in [1.54, 1.807) is 5.56 Å². The number of para-hydroxylation sites is 1. The van der Waals surface area contributed by atoms with Gasteiger partial charge in [-0.2, -0.15) is 0 Å². The number of benzene rings is 2. The minimum atomic E-state index is -0.809. The highest BCUT2D eigenvalue weighted by atomic mass is 16.5. The maximum atomic E-state index is 10.8. The minimum absolute atomic E-state index is 0.0528. The van der Waals surface area contributed by atoms with Crippen LogP contribution in [0.5, 0.6) is 5.75 Å². The first kappa shape index (κ1) is 22.0. The fourth-order valence-electron chi connectivity index (χ4n) is 5.15. The fraction of sp³-hybridized carbons (Fsp3) is 0.464. The van der Waals surface area contributed by atoms with E-state index >= 15 is 0 Å². The zero-order valence-electron chi connectivity index (χ0n) is 19.3. The van der Waals surface area contributed by atoms with Crippen LogP contribution in [0.3, 0.4) is 0 Å². The second kappa shape index (κ2) is 10.0. The lowest BCUT2D eigenvalue weighted by Gasteiger charge is -2.32. The maximum Gasteiger partial charge on any atom is 0.307 e. The van der Waals surface area contributed by atoms with Crippen LogP contribution < -0.4 is 4.74 Å². The van der Waals surface area contributed by atoms with E-state index < -0.39 is 5.97 Å². The molecule has 0 bridgehead atoms. The molecule has 5 nitrogen and oxygen atoms in total. The molecule has 1 saturated carbocycles. The van der Waals surface area contributed by atoms with Gasteiger partial charge in [0.1, 0.15) is 5.75 Å². The highest BCUT2D eigenvalue weighted by Crippen LogP contribution is 2.37. The van der Waals surface area contributed by atoms with E-state index in [2.05, 4.69) is 39.9 Å². The van der Waals surface area contributed by atoms with Gasteiger partial charge in [0.25, 0.3) is 0 Å². The van der Waals surface area contributed by atoms with Crippen LogP contribution in [0.15, 0.2) is 54.7 Å². The molecule has 2 fully saturated rings. The highest BCUT2D eigenvalue weighted by Gasteiger charge is 2.26. The molecule has 2 aromatic carbocycles. The Labute approximate surface area is 196 Å². The van der Waals surface area contributed by atoms with Gasteiger partial charge in [-0.3, -0.25) is 4.79 Å². The smallest absolute Gasteiger partial charge is 0.307 e. The largest absolute Gasteiger partial charge is 0.494 e. The highest BCUT2D eigenvalue weighted by molar-refractivity contribution is 5.84. The Morgan fingerprint density at radius 1 is 1.00 bits per heavy atom. The molecule has 0 unspecified atom stereocenters. The van der Waals surface area contributed by atoms with Crippen LogP contribution in [0.2, 0.25) is 0 Å². The summed E-state index contributed by atoms with van der Waals surface area (Å²) in [6.45, 7) is 5.23. The summed E-state index contributed by atoms with van der Waals surface area (Å²) in [7, 11) is 0. The Kier molecular flexibility index (Phi) is 6.68. The van der Waals surface area contributed by atoms with Crippen LogP contribution >= 0.6 is 0 Å². The maximum absolute atomic E-state index is 10.8.